The van der Waals surface area contributed by atoms with Crippen LogP contribution in [0.25, 0.3) is 11.0 Å². The third-order valence-corrected chi connectivity index (χ3v) is 8.97. The van der Waals surface area contributed by atoms with Crippen molar-refractivity contribution in [3.63, 3.8) is 0 Å². The molecular weight excluding hydrogens is 520 g/mol. The highest BCUT2D eigenvalue weighted by Crippen LogP contribution is 2.44. The molecule has 0 bridgehead atoms. The number of amides is 2. The second-order valence-electron chi connectivity index (χ2n) is 12.0. The van der Waals surface area contributed by atoms with Gasteiger partial charge in [-0.1, -0.05) is 52.4 Å². The summed E-state index contributed by atoms with van der Waals surface area (Å²) in [6.07, 6.45) is 12.7. The third kappa shape index (κ3) is 8.12. The van der Waals surface area contributed by atoms with Crippen LogP contribution in [-0.4, -0.2) is 53.2 Å². The highest BCUT2D eigenvalue weighted by atomic mass is 16.5. The van der Waals surface area contributed by atoms with Crippen molar-refractivity contribution in [2.24, 2.45) is 5.92 Å². The van der Waals surface area contributed by atoms with Gasteiger partial charge in [0.05, 0.1) is 5.60 Å². The van der Waals surface area contributed by atoms with Crippen LogP contribution in [0, 0.1) is 5.92 Å². The number of hydrogen-bond donors (Lipinski definition) is 2. The number of carbonyl (C=O) groups excluding carboxylic acids is 2. The summed E-state index contributed by atoms with van der Waals surface area (Å²) in [7, 11) is 0. The van der Waals surface area contributed by atoms with Crippen LogP contribution in [0.4, 0.5) is 0 Å². The van der Waals surface area contributed by atoms with Gasteiger partial charge in [0.1, 0.15) is 11.3 Å². The fourth-order valence-corrected chi connectivity index (χ4v) is 6.81. The van der Waals surface area contributed by atoms with Crippen LogP contribution >= 0.6 is 0 Å². The molecule has 226 valence electrons. The molecule has 1 aliphatic carbocycles. The molecule has 2 N–H and O–H groups in total. The standard InChI is InChI=1S/C33H48N2O6/c1-3-5-13-28-27-12-8-9-17-33(27,39)18-20-35(28)31(37)14-7-6-10-19-34-30(36)23-40-25-15-16-26-24(11-4-2)21-32(38)41-29(26)22-25/h15-16,21-22,27-28,39H,3-14,17-20,23H2,1-2H3,(H,34,36)/t27-,28-,33+/m0/s1. The number of unbranched alkanes of at least 4 members (excludes halogenated alkanes) is 3. The summed E-state index contributed by atoms with van der Waals surface area (Å²) < 4.78 is 11.0. The topological polar surface area (TPSA) is 109 Å². The number of hydrogen-bond acceptors (Lipinski definition) is 6. The summed E-state index contributed by atoms with van der Waals surface area (Å²) in [6.45, 7) is 5.32. The van der Waals surface area contributed by atoms with Gasteiger partial charge in [0.2, 0.25) is 5.91 Å². The first-order chi connectivity index (χ1) is 19.8. The van der Waals surface area contributed by atoms with E-state index < -0.39 is 5.60 Å². The van der Waals surface area contributed by atoms with Crippen molar-refractivity contribution in [2.75, 3.05) is 19.7 Å². The van der Waals surface area contributed by atoms with Gasteiger partial charge >= 0.3 is 5.63 Å². The number of ether oxygens (including phenoxy) is 1. The monoisotopic (exact) mass is 568 g/mol. The highest BCUT2D eigenvalue weighted by molar-refractivity contribution is 5.82. The van der Waals surface area contributed by atoms with Gasteiger partial charge in [-0.3, -0.25) is 9.59 Å². The van der Waals surface area contributed by atoms with E-state index in [1.807, 2.05) is 6.07 Å². The molecule has 1 saturated heterocycles. The summed E-state index contributed by atoms with van der Waals surface area (Å²) >= 11 is 0. The number of aliphatic hydroxyl groups is 1. The SMILES string of the molecule is CCCC[C@H]1[C@@H]2CCCC[C@@]2(O)CCN1C(=O)CCCCCNC(=O)COc1ccc2c(CCC)cc(=O)oc2c1. The molecule has 3 atom stereocenters. The van der Waals surface area contributed by atoms with Crippen molar-refractivity contribution >= 4 is 22.8 Å². The van der Waals surface area contributed by atoms with E-state index in [1.54, 1.807) is 12.1 Å². The molecule has 1 aromatic carbocycles. The normalized spacial score (nSPS) is 22.4. The maximum absolute atomic E-state index is 13.2. The van der Waals surface area contributed by atoms with E-state index in [0.717, 1.165) is 88.0 Å². The van der Waals surface area contributed by atoms with Crippen molar-refractivity contribution in [1.29, 1.82) is 0 Å². The van der Waals surface area contributed by atoms with E-state index in [4.69, 9.17) is 9.15 Å². The minimum atomic E-state index is -0.586. The average Bonchev–Trinajstić information content (AvgIpc) is 2.96. The number of nitrogens with one attached hydrogen (secondary N) is 1. The van der Waals surface area contributed by atoms with Gasteiger partial charge in [-0.2, -0.15) is 0 Å². The van der Waals surface area contributed by atoms with Crippen molar-refractivity contribution in [3.05, 3.63) is 40.2 Å². The molecule has 1 aromatic heterocycles. The first-order valence-electron chi connectivity index (χ1n) is 15.8. The Labute approximate surface area is 243 Å². The number of nitrogens with zero attached hydrogens (tertiary/aromatic N) is 1. The first kappa shape index (κ1) is 31.1. The van der Waals surface area contributed by atoms with E-state index in [-0.39, 0.29) is 36.0 Å². The smallest absolute Gasteiger partial charge is 0.336 e. The van der Waals surface area contributed by atoms with E-state index >= 15 is 0 Å². The fraction of sp³-hybridized carbons (Fsp3) is 0.667. The molecule has 8 heteroatoms. The molecular formula is C33H48N2O6. The first-order valence-corrected chi connectivity index (χ1v) is 15.8. The van der Waals surface area contributed by atoms with E-state index in [0.29, 0.717) is 37.3 Å². The quantitative estimate of drug-likeness (QED) is 0.230. The van der Waals surface area contributed by atoms with Crippen LogP contribution in [0.1, 0.15) is 103 Å². The van der Waals surface area contributed by atoms with Crippen LogP contribution in [-0.2, 0) is 16.0 Å². The molecule has 0 unspecified atom stereocenters. The van der Waals surface area contributed by atoms with Gasteiger partial charge in [0.25, 0.3) is 5.91 Å². The molecule has 0 radical (unpaired) electrons. The van der Waals surface area contributed by atoms with Gasteiger partial charge in [-0.25, -0.2) is 4.79 Å². The zero-order valence-corrected chi connectivity index (χ0v) is 24.9. The fourth-order valence-electron chi connectivity index (χ4n) is 6.81. The Morgan fingerprint density at radius 3 is 2.76 bits per heavy atom. The molecule has 0 spiro atoms. The number of carbonyl (C=O) groups is 2. The minimum absolute atomic E-state index is 0.121. The highest BCUT2D eigenvalue weighted by Gasteiger charge is 2.48. The number of rotatable bonds is 14. The summed E-state index contributed by atoms with van der Waals surface area (Å²) in [6, 6.07) is 7.01. The predicted octanol–water partition coefficient (Wildman–Crippen LogP) is 5.51. The van der Waals surface area contributed by atoms with Crippen molar-refractivity contribution < 1.29 is 23.8 Å². The van der Waals surface area contributed by atoms with E-state index in [1.165, 1.54) is 6.07 Å². The van der Waals surface area contributed by atoms with Gasteiger partial charge in [0, 0.05) is 49.0 Å². The van der Waals surface area contributed by atoms with Gasteiger partial charge in [-0.05, 0) is 62.6 Å². The molecule has 8 nitrogen and oxygen atoms in total. The molecule has 1 saturated carbocycles. The molecule has 41 heavy (non-hydrogen) atoms. The van der Waals surface area contributed by atoms with Gasteiger partial charge in [-0.15, -0.1) is 0 Å². The van der Waals surface area contributed by atoms with Crippen LogP contribution in [0.5, 0.6) is 5.75 Å². The number of likely N-dealkylation sites (tertiary alicyclic amines) is 1. The lowest BCUT2D eigenvalue weighted by Crippen LogP contribution is -2.60. The number of benzene rings is 1. The summed E-state index contributed by atoms with van der Waals surface area (Å²) in [5.74, 6) is 0.688. The Morgan fingerprint density at radius 1 is 1.10 bits per heavy atom. The number of piperidine rings is 1. The predicted molar refractivity (Wildman–Crippen MR) is 160 cm³/mol. The Hall–Kier alpha value is -2.87. The molecule has 2 heterocycles. The zero-order valence-electron chi connectivity index (χ0n) is 24.9. The van der Waals surface area contributed by atoms with Crippen LogP contribution in [0.15, 0.2) is 33.5 Å². The van der Waals surface area contributed by atoms with Crippen molar-refractivity contribution in [1.82, 2.24) is 10.2 Å². The van der Waals surface area contributed by atoms with E-state index in [9.17, 15) is 19.5 Å². The van der Waals surface area contributed by atoms with Crippen molar-refractivity contribution in [3.8, 4) is 5.75 Å². The van der Waals surface area contributed by atoms with Gasteiger partial charge in [0.15, 0.2) is 6.61 Å². The number of aryl methyl sites for hydroxylation is 1. The Morgan fingerprint density at radius 2 is 1.95 bits per heavy atom. The summed E-state index contributed by atoms with van der Waals surface area (Å²) in [4.78, 5) is 39.5. The second kappa shape index (κ2) is 14.9. The van der Waals surface area contributed by atoms with Crippen LogP contribution in [0.3, 0.4) is 0 Å². The average molecular weight is 569 g/mol. The Bertz CT molecular complexity index is 1230. The summed E-state index contributed by atoms with van der Waals surface area (Å²) in [5, 5.41) is 15.0. The lowest BCUT2D eigenvalue weighted by Gasteiger charge is -2.52. The largest absolute Gasteiger partial charge is 0.484 e. The lowest BCUT2D eigenvalue weighted by molar-refractivity contribution is -0.155. The van der Waals surface area contributed by atoms with E-state index in [2.05, 4.69) is 24.1 Å². The summed E-state index contributed by atoms with van der Waals surface area (Å²) in [5.41, 5.74) is 0.441. The lowest BCUT2D eigenvalue weighted by atomic mass is 9.66. The van der Waals surface area contributed by atoms with Crippen LogP contribution < -0.4 is 15.7 Å². The second-order valence-corrected chi connectivity index (χ2v) is 12.0. The maximum Gasteiger partial charge on any atom is 0.336 e. The Balaban J connectivity index is 1.16. The minimum Gasteiger partial charge on any atom is -0.484 e. The van der Waals surface area contributed by atoms with Crippen molar-refractivity contribution in [2.45, 2.75) is 115 Å². The van der Waals surface area contributed by atoms with Gasteiger partial charge < -0.3 is 24.5 Å². The van der Waals surface area contributed by atoms with Crippen LogP contribution in [0.2, 0.25) is 0 Å². The number of fused-ring (bicyclic) bond motifs is 2. The zero-order chi connectivity index (χ0) is 29.2. The molecule has 1 aliphatic heterocycles. The molecule has 2 aromatic rings. The molecule has 2 amide bonds. The maximum atomic E-state index is 13.2. The molecule has 2 fully saturated rings. The molecule has 2 aliphatic rings. The molecule has 4 rings (SSSR count). The Kier molecular flexibility index (Phi) is 11.3. The third-order valence-electron chi connectivity index (χ3n) is 8.97.